The number of anilines is 2. The Balaban J connectivity index is 2.92. The number of hydrogen-bond acceptors (Lipinski definition) is 5. The van der Waals surface area contributed by atoms with Gasteiger partial charge in [-0.2, -0.15) is 5.10 Å². The van der Waals surface area contributed by atoms with Crippen molar-refractivity contribution in [2.45, 2.75) is 45.6 Å². The highest BCUT2D eigenvalue weighted by Crippen LogP contribution is 2.26. The number of rotatable bonds is 8. The number of aromatic nitrogens is 2. The second-order valence-corrected chi connectivity index (χ2v) is 4.91. The molecule has 0 unspecified atom stereocenters. The monoisotopic (exact) mass is 312 g/mol. The molecule has 10 nitrogen and oxygen atoms in total. The molecule has 0 fully saturated rings. The molecule has 1 rings (SSSR count). The number of unbranched alkanes of at least 4 members (excludes halogenated alkanes) is 4. The first-order chi connectivity index (χ1) is 10.4. The predicted molar refractivity (Wildman–Crippen MR) is 83.5 cm³/mol. The molecule has 10 heteroatoms. The van der Waals surface area contributed by atoms with Crippen LogP contribution in [0.15, 0.2) is 6.20 Å². The minimum absolute atomic E-state index is 0.113. The van der Waals surface area contributed by atoms with Crippen LogP contribution in [0.4, 0.5) is 21.1 Å². The molecule has 1 aromatic heterocycles. The van der Waals surface area contributed by atoms with Gasteiger partial charge < -0.3 is 11.5 Å². The molecular weight excluding hydrogens is 288 g/mol. The van der Waals surface area contributed by atoms with Gasteiger partial charge in [-0.05, 0) is 6.42 Å². The third kappa shape index (κ3) is 4.33. The molecule has 0 spiro atoms. The molecule has 124 valence electrons. The van der Waals surface area contributed by atoms with Crippen molar-refractivity contribution < 1.29 is 9.59 Å². The molecule has 0 aliphatic heterocycles. The number of aryl methyl sites for hydroxylation is 1. The molecule has 0 saturated carbocycles. The zero-order valence-electron chi connectivity index (χ0n) is 12.7. The molecular formula is C12H24N8O2. The molecule has 1 heterocycles. The molecule has 0 aliphatic rings. The predicted octanol–water partition coefficient (Wildman–Crippen LogP) is 0.371. The van der Waals surface area contributed by atoms with Crippen LogP contribution in [-0.4, -0.2) is 21.8 Å². The molecule has 0 bridgehead atoms. The van der Waals surface area contributed by atoms with E-state index in [2.05, 4.69) is 12.0 Å². The van der Waals surface area contributed by atoms with E-state index >= 15 is 0 Å². The summed E-state index contributed by atoms with van der Waals surface area (Å²) in [4.78, 5) is 22.5. The summed E-state index contributed by atoms with van der Waals surface area (Å²) in [6.45, 7) is 2.66. The summed E-state index contributed by atoms with van der Waals surface area (Å²) in [5.74, 6) is 11.3. The van der Waals surface area contributed by atoms with E-state index in [9.17, 15) is 9.59 Å². The maximum atomic E-state index is 11.3. The van der Waals surface area contributed by atoms with E-state index < -0.39 is 12.1 Å². The minimum Gasteiger partial charge on any atom is -0.350 e. The fourth-order valence-electron chi connectivity index (χ4n) is 2.04. The lowest BCUT2D eigenvalue weighted by Crippen LogP contribution is -2.46. The Kier molecular flexibility index (Phi) is 6.60. The first-order valence-corrected chi connectivity index (χ1v) is 7.14. The number of nitrogens with two attached hydrogens (primary N) is 4. The summed E-state index contributed by atoms with van der Waals surface area (Å²) < 4.78 is 1.48. The smallest absolute Gasteiger partial charge is 0.335 e. The number of carbonyl (C=O) groups excluding carboxylic acids is 2. The van der Waals surface area contributed by atoms with Crippen molar-refractivity contribution >= 4 is 23.6 Å². The quantitative estimate of drug-likeness (QED) is 0.235. The lowest BCUT2D eigenvalue weighted by atomic mass is 10.1. The average molecular weight is 312 g/mol. The van der Waals surface area contributed by atoms with E-state index in [0.717, 1.165) is 25.7 Å². The number of urea groups is 2. The Morgan fingerprint density at radius 2 is 1.68 bits per heavy atom. The van der Waals surface area contributed by atoms with E-state index in [4.69, 9.17) is 23.2 Å². The topological polar surface area (TPSA) is 163 Å². The highest BCUT2D eigenvalue weighted by Gasteiger charge is 2.24. The van der Waals surface area contributed by atoms with Crippen LogP contribution >= 0.6 is 0 Å². The molecule has 8 N–H and O–H groups in total. The van der Waals surface area contributed by atoms with Crippen molar-refractivity contribution in [2.75, 3.05) is 10.0 Å². The first-order valence-electron chi connectivity index (χ1n) is 7.14. The Morgan fingerprint density at radius 3 is 2.23 bits per heavy atom. The number of hydrazine groups is 2. The van der Waals surface area contributed by atoms with Crippen LogP contribution in [0.25, 0.3) is 0 Å². The third-order valence-corrected chi connectivity index (χ3v) is 3.23. The SMILES string of the molecule is CCCCCCCn1ncc(N(N)C(N)=O)c1N(N)C(N)=O. The third-order valence-electron chi connectivity index (χ3n) is 3.23. The summed E-state index contributed by atoms with van der Waals surface area (Å²) in [6.07, 6.45) is 6.62. The molecule has 0 aromatic carbocycles. The van der Waals surface area contributed by atoms with Crippen molar-refractivity contribution in [1.29, 1.82) is 0 Å². The second kappa shape index (κ2) is 8.20. The molecule has 0 aliphatic carbocycles. The number of primary amides is 2. The van der Waals surface area contributed by atoms with E-state index in [1.807, 2.05) is 0 Å². The van der Waals surface area contributed by atoms with Gasteiger partial charge in [0.05, 0.1) is 6.20 Å². The molecule has 4 amide bonds. The lowest BCUT2D eigenvalue weighted by molar-refractivity contribution is 0.252. The summed E-state index contributed by atoms with van der Waals surface area (Å²) in [7, 11) is 0. The molecule has 22 heavy (non-hydrogen) atoms. The molecule has 0 atom stereocenters. The summed E-state index contributed by atoms with van der Waals surface area (Å²) in [6, 6.07) is -1.80. The van der Waals surface area contributed by atoms with Crippen LogP contribution in [0.3, 0.4) is 0 Å². The molecule has 1 aromatic rings. The average Bonchev–Trinajstić information content (AvgIpc) is 2.88. The van der Waals surface area contributed by atoms with Gasteiger partial charge in [0, 0.05) is 6.54 Å². The van der Waals surface area contributed by atoms with Gasteiger partial charge in [0.15, 0.2) is 5.82 Å². The van der Waals surface area contributed by atoms with Crippen LogP contribution in [0.1, 0.15) is 39.0 Å². The fraction of sp³-hybridized carbons (Fsp3) is 0.583. The van der Waals surface area contributed by atoms with Gasteiger partial charge in [0.2, 0.25) is 0 Å². The van der Waals surface area contributed by atoms with E-state index in [-0.39, 0.29) is 11.5 Å². The van der Waals surface area contributed by atoms with Crippen LogP contribution in [0, 0.1) is 0 Å². The van der Waals surface area contributed by atoms with E-state index in [1.54, 1.807) is 0 Å². The summed E-state index contributed by atoms with van der Waals surface area (Å²) >= 11 is 0. The van der Waals surface area contributed by atoms with Gasteiger partial charge in [-0.1, -0.05) is 32.6 Å². The van der Waals surface area contributed by atoms with Crippen LogP contribution < -0.4 is 33.2 Å². The lowest BCUT2D eigenvalue weighted by Gasteiger charge is -2.20. The Labute approximate surface area is 128 Å². The van der Waals surface area contributed by atoms with Crippen LogP contribution in [0.5, 0.6) is 0 Å². The highest BCUT2D eigenvalue weighted by atomic mass is 16.2. The number of amides is 4. The van der Waals surface area contributed by atoms with Crippen LogP contribution in [-0.2, 0) is 6.54 Å². The van der Waals surface area contributed by atoms with Crippen molar-refractivity contribution in [3.05, 3.63) is 6.20 Å². The first kappa shape index (κ1) is 17.7. The van der Waals surface area contributed by atoms with E-state index in [1.165, 1.54) is 17.3 Å². The Morgan fingerprint density at radius 1 is 1.09 bits per heavy atom. The van der Waals surface area contributed by atoms with Crippen molar-refractivity contribution in [3.63, 3.8) is 0 Å². The molecule has 0 saturated heterocycles. The van der Waals surface area contributed by atoms with Gasteiger partial charge in [-0.3, -0.25) is 0 Å². The standard InChI is InChI=1S/C12H24N8O2/c1-2-3-4-5-6-7-18-10(20(16)12(14)22)9(8-17-18)19(15)11(13)21/h8H,2-7,15-16H2,1H3,(H2,13,21)(H2,14,22). The van der Waals surface area contributed by atoms with E-state index in [0.29, 0.717) is 16.6 Å². The summed E-state index contributed by atoms with van der Waals surface area (Å²) in [5.41, 5.74) is 10.4. The zero-order valence-corrected chi connectivity index (χ0v) is 12.7. The van der Waals surface area contributed by atoms with Gasteiger partial charge in [-0.15, -0.1) is 0 Å². The minimum atomic E-state index is -0.901. The zero-order chi connectivity index (χ0) is 16.7. The largest absolute Gasteiger partial charge is 0.350 e. The second-order valence-electron chi connectivity index (χ2n) is 4.91. The van der Waals surface area contributed by atoms with Gasteiger partial charge in [0.1, 0.15) is 5.69 Å². The van der Waals surface area contributed by atoms with Crippen LogP contribution in [0.2, 0.25) is 0 Å². The number of carbonyl (C=O) groups is 2. The van der Waals surface area contributed by atoms with Crippen molar-refractivity contribution in [1.82, 2.24) is 9.78 Å². The maximum Gasteiger partial charge on any atom is 0.335 e. The molecule has 0 radical (unpaired) electrons. The fourth-order valence-corrected chi connectivity index (χ4v) is 2.04. The number of hydrogen-bond donors (Lipinski definition) is 4. The Hall–Kier alpha value is -2.33. The highest BCUT2D eigenvalue weighted by molar-refractivity contribution is 5.97. The Bertz CT molecular complexity index is 515. The van der Waals surface area contributed by atoms with Gasteiger partial charge >= 0.3 is 12.1 Å². The van der Waals surface area contributed by atoms with Crippen molar-refractivity contribution in [3.8, 4) is 0 Å². The van der Waals surface area contributed by atoms with Gasteiger partial charge in [0.25, 0.3) is 0 Å². The maximum absolute atomic E-state index is 11.3. The van der Waals surface area contributed by atoms with Gasteiger partial charge in [-0.25, -0.2) is 36.0 Å². The summed E-state index contributed by atoms with van der Waals surface area (Å²) in [5, 5.41) is 5.46. The number of nitrogens with zero attached hydrogens (tertiary/aromatic N) is 4. The normalized spacial score (nSPS) is 10.5. The van der Waals surface area contributed by atoms with Crippen molar-refractivity contribution in [2.24, 2.45) is 23.2 Å².